The summed E-state index contributed by atoms with van der Waals surface area (Å²) in [7, 11) is 1.44. The molecule has 2 aliphatic rings. The van der Waals surface area contributed by atoms with Crippen molar-refractivity contribution in [2.24, 2.45) is 0 Å². The molecule has 1 aromatic carbocycles. The Labute approximate surface area is 132 Å². The first-order valence-corrected chi connectivity index (χ1v) is 8.22. The minimum Gasteiger partial charge on any atom is -0.466 e. The van der Waals surface area contributed by atoms with E-state index < -0.39 is 0 Å². The number of thioether (sulfide) groups is 1. The number of carbonyl (C=O) groups excluding carboxylic acids is 1. The zero-order valence-electron chi connectivity index (χ0n) is 11.0. The molecule has 2 atom stereocenters. The van der Waals surface area contributed by atoms with E-state index in [-0.39, 0.29) is 11.2 Å². The predicted octanol–water partition coefficient (Wildman–Crippen LogP) is 4.59. The summed E-state index contributed by atoms with van der Waals surface area (Å²) in [6, 6.07) is 5.56. The van der Waals surface area contributed by atoms with Crippen molar-refractivity contribution in [1.29, 1.82) is 0 Å². The van der Waals surface area contributed by atoms with Crippen molar-refractivity contribution in [3.05, 3.63) is 39.4 Å². The number of esters is 1. The molecule has 0 spiro atoms. The highest BCUT2D eigenvalue weighted by molar-refractivity contribution is 8.01. The van der Waals surface area contributed by atoms with Crippen LogP contribution in [0.1, 0.15) is 24.8 Å². The van der Waals surface area contributed by atoms with Crippen LogP contribution in [0.2, 0.25) is 10.0 Å². The van der Waals surface area contributed by atoms with Crippen LogP contribution in [0.25, 0.3) is 5.57 Å². The van der Waals surface area contributed by atoms with Crippen LogP contribution in [-0.4, -0.2) is 23.6 Å². The summed E-state index contributed by atoms with van der Waals surface area (Å²) in [5.74, 6) is -0.219. The molecule has 2 heterocycles. The Kier molecular flexibility index (Phi) is 4.02. The minimum atomic E-state index is -0.219. The molecular formula is C15H14Cl2O2S. The first kappa shape index (κ1) is 14.3. The van der Waals surface area contributed by atoms with Gasteiger partial charge in [0.05, 0.1) is 22.7 Å². The molecule has 0 aliphatic carbocycles. The molecule has 0 saturated carbocycles. The standard InChI is InChI=1S/C15H14Cl2O2S/c1-19-15(18)14-10(7-9-3-5-13(14)20-9)8-2-4-11(16)12(17)6-8/h2,4,6,9,13H,3,5,7H2,1H3/t9?,13-/m1/s1. The number of hydrogen-bond donors (Lipinski definition) is 0. The molecule has 2 nitrogen and oxygen atoms in total. The van der Waals surface area contributed by atoms with Gasteiger partial charge in [0.2, 0.25) is 0 Å². The van der Waals surface area contributed by atoms with E-state index in [2.05, 4.69) is 0 Å². The van der Waals surface area contributed by atoms with Crippen molar-refractivity contribution >= 4 is 46.5 Å². The number of rotatable bonds is 2. The molecule has 0 radical (unpaired) electrons. The van der Waals surface area contributed by atoms with Crippen molar-refractivity contribution in [2.75, 3.05) is 7.11 Å². The largest absolute Gasteiger partial charge is 0.466 e. The topological polar surface area (TPSA) is 26.3 Å². The van der Waals surface area contributed by atoms with Crippen molar-refractivity contribution < 1.29 is 9.53 Å². The SMILES string of the molecule is COC(=O)C1=C(c2ccc(Cl)c(Cl)c2)CC2CC[C@H]1S2. The Bertz CT molecular complexity index is 598. The maximum Gasteiger partial charge on any atom is 0.335 e. The van der Waals surface area contributed by atoms with E-state index in [0.717, 1.165) is 36.0 Å². The number of ether oxygens (including phenoxy) is 1. The second-order valence-electron chi connectivity index (χ2n) is 5.04. The van der Waals surface area contributed by atoms with E-state index in [1.165, 1.54) is 7.11 Å². The van der Waals surface area contributed by atoms with Gasteiger partial charge in [0.15, 0.2) is 0 Å². The lowest BCUT2D eigenvalue weighted by Crippen LogP contribution is -2.20. The van der Waals surface area contributed by atoms with Gasteiger partial charge < -0.3 is 4.74 Å². The van der Waals surface area contributed by atoms with Gasteiger partial charge in [-0.2, -0.15) is 0 Å². The van der Waals surface area contributed by atoms with Crippen molar-refractivity contribution in [2.45, 2.75) is 29.8 Å². The average Bonchev–Trinajstić information content (AvgIpc) is 2.82. The van der Waals surface area contributed by atoms with Crippen LogP contribution < -0.4 is 0 Å². The summed E-state index contributed by atoms with van der Waals surface area (Å²) in [5.41, 5.74) is 2.86. The maximum absolute atomic E-state index is 12.1. The molecule has 0 amide bonds. The first-order valence-electron chi connectivity index (χ1n) is 6.52. The monoisotopic (exact) mass is 328 g/mol. The smallest absolute Gasteiger partial charge is 0.335 e. The lowest BCUT2D eigenvalue weighted by Gasteiger charge is -2.25. The number of fused-ring (bicyclic) bond motifs is 2. The van der Waals surface area contributed by atoms with Crippen LogP contribution in [0.5, 0.6) is 0 Å². The van der Waals surface area contributed by atoms with Gasteiger partial charge in [-0.05, 0) is 42.5 Å². The molecular weight excluding hydrogens is 315 g/mol. The molecule has 0 aromatic heterocycles. The molecule has 1 saturated heterocycles. The summed E-state index contributed by atoms with van der Waals surface area (Å²) in [6.07, 6.45) is 3.09. The summed E-state index contributed by atoms with van der Waals surface area (Å²) in [6.45, 7) is 0. The van der Waals surface area contributed by atoms with Crippen molar-refractivity contribution in [1.82, 2.24) is 0 Å². The van der Waals surface area contributed by atoms with E-state index in [1.807, 2.05) is 23.9 Å². The molecule has 1 unspecified atom stereocenters. The van der Waals surface area contributed by atoms with Crippen molar-refractivity contribution in [3.63, 3.8) is 0 Å². The van der Waals surface area contributed by atoms with Gasteiger partial charge in [-0.15, -0.1) is 11.8 Å². The fourth-order valence-electron chi connectivity index (χ4n) is 2.92. The number of methoxy groups -OCH3 is 1. The quantitative estimate of drug-likeness (QED) is 0.743. The Morgan fingerprint density at radius 3 is 2.80 bits per heavy atom. The number of benzene rings is 1. The molecule has 5 heteroatoms. The molecule has 1 fully saturated rings. The zero-order chi connectivity index (χ0) is 14.3. The van der Waals surface area contributed by atoms with Gasteiger partial charge in [-0.25, -0.2) is 4.79 Å². The first-order chi connectivity index (χ1) is 9.60. The van der Waals surface area contributed by atoms with Gasteiger partial charge in [0.1, 0.15) is 0 Å². The van der Waals surface area contributed by atoms with Gasteiger partial charge >= 0.3 is 5.97 Å². The predicted molar refractivity (Wildman–Crippen MR) is 84.4 cm³/mol. The normalized spacial score (nSPS) is 24.9. The Hall–Kier alpha value is -0.640. The number of hydrogen-bond acceptors (Lipinski definition) is 3. The third-order valence-electron chi connectivity index (χ3n) is 3.86. The third kappa shape index (κ3) is 2.47. The molecule has 2 bridgehead atoms. The van der Waals surface area contributed by atoms with Crippen molar-refractivity contribution in [3.8, 4) is 0 Å². The lowest BCUT2D eigenvalue weighted by atomic mass is 9.95. The summed E-state index contributed by atoms with van der Waals surface area (Å²) >= 11 is 14.0. The Balaban J connectivity index is 2.10. The highest BCUT2D eigenvalue weighted by Gasteiger charge is 2.39. The Morgan fingerprint density at radius 2 is 2.10 bits per heavy atom. The highest BCUT2D eigenvalue weighted by atomic mass is 35.5. The maximum atomic E-state index is 12.1. The highest BCUT2D eigenvalue weighted by Crippen LogP contribution is 2.49. The third-order valence-corrected chi connectivity index (χ3v) is 6.19. The average molecular weight is 329 g/mol. The summed E-state index contributed by atoms with van der Waals surface area (Å²) in [4.78, 5) is 12.1. The van der Waals surface area contributed by atoms with Crippen LogP contribution in [0.15, 0.2) is 23.8 Å². The van der Waals surface area contributed by atoms with Crippen LogP contribution in [0.3, 0.4) is 0 Å². The minimum absolute atomic E-state index is 0.219. The molecule has 1 aromatic rings. The zero-order valence-corrected chi connectivity index (χ0v) is 13.3. The lowest BCUT2D eigenvalue weighted by molar-refractivity contribution is -0.136. The van der Waals surface area contributed by atoms with Gasteiger partial charge in [0, 0.05) is 10.5 Å². The molecule has 20 heavy (non-hydrogen) atoms. The van der Waals surface area contributed by atoms with E-state index in [1.54, 1.807) is 6.07 Å². The fraction of sp³-hybridized carbons (Fsp3) is 0.400. The molecule has 2 aliphatic heterocycles. The molecule has 106 valence electrons. The fourth-order valence-corrected chi connectivity index (χ4v) is 4.87. The van der Waals surface area contributed by atoms with E-state index in [9.17, 15) is 4.79 Å². The second kappa shape index (κ2) is 5.63. The molecule has 3 rings (SSSR count). The van der Waals surface area contributed by atoms with Crippen LogP contribution in [0.4, 0.5) is 0 Å². The summed E-state index contributed by atoms with van der Waals surface area (Å²) in [5, 5.41) is 1.90. The van der Waals surface area contributed by atoms with Gasteiger partial charge in [-0.1, -0.05) is 29.3 Å². The number of carbonyl (C=O) groups is 1. The van der Waals surface area contributed by atoms with Gasteiger partial charge in [0.25, 0.3) is 0 Å². The van der Waals surface area contributed by atoms with Crippen LogP contribution >= 0.6 is 35.0 Å². The number of allylic oxidation sites excluding steroid dienone is 1. The van der Waals surface area contributed by atoms with E-state index in [0.29, 0.717) is 15.3 Å². The van der Waals surface area contributed by atoms with Crippen LogP contribution in [-0.2, 0) is 9.53 Å². The van der Waals surface area contributed by atoms with Crippen LogP contribution in [0, 0.1) is 0 Å². The van der Waals surface area contributed by atoms with E-state index >= 15 is 0 Å². The Morgan fingerprint density at radius 1 is 1.30 bits per heavy atom. The molecule has 0 N–H and O–H groups in total. The van der Waals surface area contributed by atoms with E-state index in [4.69, 9.17) is 27.9 Å². The van der Waals surface area contributed by atoms with Gasteiger partial charge in [-0.3, -0.25) is 0 Å². The summed E-state index contributed by atoms with van der Waals surface area (Å²) < 4.78 is 4.98. The second-order valence-corrected chi connectivity index (χ2v) is 7.36. The number of halogens is 2.